The molecule has 3 heterocycles. The molecule has 4 rings (SSSR count). The van der Waals surface area contributed by atoms with Crippen molar-refractivity contribution in [2.45, 2.75) is 45.1 Å². The van der Waals surface area contributed by atoms with E-state index in [9.17, 15) is 4.79 Å². The van der Waals surface area contributed by atoms with Crippen LogP contribution in [0.3, 0.4) is 0 Å². The predicted molar refractivity (Wildman–Crippen MR) is 126 cm³/mol. The number of aromatic nitrogens is 3. The summed E-state index contributed by atoms with van der Waals surface area (Å²) in [6.45, 7) is 2.60. The number of aryl methyl sites for hydroxylation is 2. The van der Waals surface area contributed by atoms with Gasteiger partial charge in [0.2, 0.25) is 11.9 Å². The van der Waals surface area contributed by atoms with Gasteiger partial charge >= 0.3 is 0 Å². The quantitative estimate of drug-likeness (QED) is 0.534. The average molecular weight is 450 g/mol. The molecule has 1 atom stereocenters. The van der Waals surface area contributed by atoms with Crippen LogP contribution in [0.15, 0.2) is 41.1 Å². The van der Waals surface area contributed by atoms with Crippen molar-refractivity contribution in [2.24, 2.45) is 0 Å². The van der Waals surface area contributed by atoms with Gasteiger partial charge in [-0.1, -0.05) is 23.4 Å². The first kappa shape index (κ1) is 22.8. The number of rotatable bonds is 7. The van der Waals surface area contributed by atoms with Gasteiger partial charge in [0.15, 0.2) is 5.76 Å². The van der Waals surface area contributed by atoms with E-state index >= 15 is 0 Å². The normalized spacial score (nSPS) is 16.0. The summed E-state index contributed by atoms with van der Waals surface area (Å²) in [5, 5.41) is 4.04. The van der Waals surface area contributed by atoms with Crippen molar-refractivity contribution >= 4 is 11.9 Å². The number of nitrogens with zero attached hydrogens (tertiary/aromatic N) is 5. The van der Waals surface area contributed by atoms with E-state index in [1.165, 1.54) is 0 Å². The number of likely N-dealkylation sites (tertiary alicyclic amines) is 1. The lowest BCUT2D eigenvalue weighted by Gasteiger charge is -2.36. The number of piperidine rings is 1. The molecule has 0 N–H and O–H groups in total. The van der Waals surface area contributed by atoms with Gasteiger partial charge in [-0.05, 0) is 44.2 Å². The van der Waals surface area contributed by atoms with Crippen LogP contribution >= 0.6 is 0 Å². The largest absolute Gasteiger partial charge is 0.496 e. The second kappa shape index (κ2) is 10.0. The fourth-order valence-electron chi connectivity index (χ4n) is 4.34. The van der Waals surface area contributed by atoms with Crippen LogP contribution in [0.4, 0.5) is 5.95 Å². The number of para-hydroxylation sites is 1. The van der Waals surface area contributed by atoms with Crippen molar-refractivity contribution in [3.05, 3.63) is 53.5 Å². The number of hydrogen-bond donors (Lipinski definition) is 0. The Morgan fingerprint density at radius 3 is 2.82 bits per heavy atom. The summed E-state index contributed by atoms with van der Waals surface area (Å²) in [6.07, 6.45) is 5.71. The molecule has 8 nitrogen and oxygen atoms in total. The number of ether oxygens (including phenoxy) is 1. The Kier molecular flexibility index (Phi) is 6.91. The summed E-state index contributed by atoms with van der Waals surface area (Å²) < 4.78 is 11.0. The first-order chi connectivity index (χ1) is 16.0. The Labute approximate surface area is 194 Å². The van der Waals surface area contributed by atoms with E-state index in [0.29, 0.717) is 31.1 Å². The van der Waals surface area contributed by atoms with Crippen LogP contribution < -0.4 is 9.64 Å². The third-order valence-electron chi connectivity index (χ3n) is 6.04. The average Bonchev–Trinajstić information content (AvgIpc) is 3.28. The van der Waals surface area contributed by atoms with Gasteiger partial charge < -0.3 is 19.1 Å². The highest BCUT2D eigenvalue weighted by Crippen LogP contribution is 2.37. The third-order valence-corrected chi connectivity index (χ3v) is 6.04. The fraction of sp³-hybridized carbons (Fsp3) is 0.440. The lowest BCUT2D eigenvalue weighted by Crippen LogP contribution is -2.39. The van der Waals surface area contributed by atoms with E-state index in [0.717, 1.165) is 47.5 Å². The molecular weight excluding hydrogens is 418 g/mol. The number of methoxy groups -OCH3 is 1. The lowest BCUT2D eigenvalue weighted by atomic mass is 9.94. The minimum absolute atomic E-state index is 0.121. The van der Waals surface area contributed by atoms with Crippen molar-refractivity contribution in [2.75, 3.05) is 32.6 Å². The zero-order valence-electron chi connectivity index (χ0n) is 19.7. The maximum absolute atomic E-state index is 13.4. The minimum atomic E-state index is -0.133. The Morgan fingerprint density at radius 2 is 2.09 bits per heavy atom. The van der Waals surface area contributed by atoms with Crippen molar-refractivity contribution in [1.29, 1.82) is 0 Å². The summed E-state index contributed by atoms with van der Waals surface area (Å²) in [5.74, 6) is 2.17. The van der Waals surface area contributed by atoms with E-state index in [-0.39, 0.29) is 11.9 Å². The van der Waals surface area contributed by atoms with Crippen LogP contribution in [-0.4, -0.2) is 53.7 Å². The smallest absolute Gasteiger partial charge is 0.225 e. The Balaban J connectivity index is 1.63. The highest BCUT2D eigenvalue weighted by Gasteiger charge is 2.32. The van der Waals surface area contributed by atoms with Gasteiger partial charge in [-0.15, -0.1) is 0 Å². The zero-order valence-corrected chi connectivity index (χ0v) is 19.7. The molecule has 2 aromatic heterocycles. The van der Waals surface area contributed by atoms with Crippen molar-refractivity contribution in [3.63, 3.8) is 0 Å². The molecule has 0 saturated carbocycles. The summed E-state index contributed by atoms with van der Waals surface area (Å²) in [4.78, 5) is 26.6. The van der Waals surface area contributed by atoms with E-state index in [2.05, 4.69) is 10.1 Å². The maximum Gasteiger partial charge on any atom is 0.225 e. The van der Waals surface area contributed by atoms with Gasteiger partial charge in [-0.3, -0.25) is 4.79 Å². The number of anilines is 1. The Bertz CT molecular complexity index is 1110. The number of carbonyl (C=O) groups is 1. The second-order valence-electron chi connectivity index (χ2n) is 8.61. The molecule has 0 bridgehead atoms. The molecule has 3 aromatic rings. The maximum atomic E-state index is 13.4. The molecule has 1 aromatic carbocycles. The summed E-state index contributed by atoms with van der Waals surface area (Å²) in [5.41, 5.74) is 3.43. The van der Waals surface area contributed by atoms with Crippen LogP contribution in [0.5, 0.6) is 5.75 Å². The van der Waals surface area contributed by atoms with Crippen molar-refractivity contribution in [3.8, 4) is 17.1 Å². The lowest BCUT2D eigenvalue weighted by molar-refractivity contribution is -0.135. The molecular formula is C25H31N5O3. The van der Waals surface area contributed by atoms with Crippen LogP contribution in [0, 0.1) is 6.92 Å². The standard InChI is InChI=1S/C25H31N5O3/c1-17-15-22(33-28-17)19-16-26-25(29(2)3)27-24(19)20-10-7-8-14-30(20)23(31)13-12-18-9-5-6-11-21(18)32-4/h5-6,9,11,15-16,20H,7-8,10,12-14H2,1-4H3/t20-/m1/s1. The molecule has 0 aliphatic carbocycles. The molecule has 1 fully saturated rings. The minimum Gasteiger partial charge on any atom is -0.496 e. The van der Waals surface area contributed by atoms with Gasteiger partial charge in [-0.25, -0.2) is 9.97 Å². The number of hydrogen-bond acceptors (Lipinski definition) is 7. The number of amides is 1. The van der Waals surface area contributed by atoms with Gasteiger partial charge in [0.25, 0.3) is 0 Å². The molecule has 1 aliphatic rings. The van der Waals surface area contributed by atoms with Gasteiger partial charge in [0, 0.05) is 39.3 Å². The van der Waals surface area contributed by atoms with E-state index in [1.807, 2.05) is 61.2 Å². The monoisotopic (exact) mass is 449 g/mol. The summed E-state index contributed by atoms with van der Waals surface area (Å²) in [6, 6.07) is 9.60. The summed E-state index contributed by atoms with van der Waals surface area (Å²) >= 11 is 0. The number of benzene rings is 1. The van der Waals surface area contributed by atoms with Crippen LogP contribution in [0.25, 0.3) is 11.3 Å². The Morgan fingerprint density at radius 1 is 1.27 bits per heavy atom. The zero-order chi connectivity index (χ0) is 23.4. The van der Waals surface area contributed by atoms with Crippen LogP contribution in [0.1, 0.15) is 48.7 Å². The van der Waals surface area contributed by atoms with Crippen molar-refractivity contribution in [1.82, 2.24) is 20.0 Å². The first-order valence-electron chi connectivity index (χ1n) is 11.4. The van der Waals surface area contributed by atoms with E-state index in [1.54, 1.807) is 13.3 Å². The molecule has 1 saturated heterocycles. The molecule has 174 valence electrons. The van der Waals surface area contributed by atoms with Crippen LogP contribution in [0.2, 0.25) is 0 Å². The molecule has 8 heteroatoms. The summed E-state index contributed by atoms with van der Waals surface area (Å²) in [7, 11) is 5.48. The number of carbonyl (C=O) groups excluding carboxylic acids is 1. The second-order valence-corrected chi connectivity index (χ2v) is 8.61. The van der Waals surface area contributed by atoms with E-state index < -0.39 is 0 Å². The van der Waals surface area contributed by atoms with E-state index in [4.69, 9.17) is 14.2 Å². The van der Waals surface area contributed by atoms with Gasteiger partial charge in [0.05, 0.1) is 30.1 Å². The fourth-order valence-corrected chi connectivity index (χ4v) is 4.34. The highest BCUT2D eigenvalue weighted by molar-refractivity contribution is 5.77. The molecule has 0 spiro atoms. The first-order valence-corrected chi connectivity index (χ1v) is 11.4. The third kappa shape index (κ3) is 4.99. The topological polar surface area (TPSA) is 84.6 Å². The Hall–Kier alpha value is -3.42. The van der Waals surface area contributed by atoms with Gasteiger partial charge in [-0.2, -0.15) is 0 Å². The SMILES string of the molecule is COc1ccccc1CCC(=O)N1CCCC[C@@H]1c1nc(N(C)C)ncc1-c1cc(C)no1. The van der Waals surface area contributed by atoms with Crippen LogP contribution in [-0.2, 0) is 11.2 Å². The predicted octanol–water partition coefficient (Wildman–Crippen LogP) is 4.20. The van der Waals surface area contributed by atoms with Crippen molar-refractivity contribution < 1.29 is 14.1 Å². The van der Waals surface area contributed by atoms with Gasteiger partial charge in [0.1, 0.15) is 5.75 Å². The molecule has 33 heavy (non-hydrogen) atoms. The highest BCUT2D eigenvalue weighted by atomic mass is 16.5. The molecule has 1 amide bonds. The molecule has 0 unspecified atom stereocenters. The molecule has 1 aliphatic heterocycles. The molecule has 0 radical (unpaired) electrons.